The first-order valence-corrected chi connectivity index (χ1v) is 7.64. The summed E-state index contributed by atoms with van der Waals surface area (Å²) in [6, 6.07) is 7.16. The van der Waals surface area contributed by atoms with E-state index in [1.165, 1.54) is 6.42 Å². The molecule has 1 amide bonds. The standard InChI is InChI=1S/C16H23ClN2O/c1-11-7-12(2)10-19(9-11)13(3)16(20)18-15-6-4-5-14(17)8-15/h4-6,8,11-13H,7,9-10H2,1-3H3,(H,18,20)/t11-,12+,13-/m1/s1. The number of amides is 1. The van der Waals surface area contributed by atoms with Crippen LogP contribution in [0.15, 0.2) is 24.3 Å². The van der Waals surface area contributed by atoms with Gasteiger partial charge in [0.05, 0.1) is 6.04 Å². The van der Waals surface area contributed by atoms with Crippen LogP contribution in [0.4, 0.5) is 5.69 Å². The molecular weight excluding hydrogens is 272 g/mol. The van der Waals surface area contributed by atoms with Crippen molar-refractivity contribution in [2.24, 2.45) is 11.8 Å². The van der Waals surface area contributed by atoms with Gasteiger partial charge in [-0.2, -0.15) is 0 Å². The fourth-order valence-electron chi connectivity index (χ4n) is 3.01. The maximum absolute atomic E-state index is 12.3. The Labute approximate surface area is 126 Å². The fraction of sp³-hybridized carbons (Fsp3) is 0.562. The van der Waals surface area contributed by atoms with Crippen molar-refractivity contribution < 1.29 is 4.79 Å². The van der Waals surface area contributed by atoms with Crippen LogP contribution in [0, 0.1) is 11.8 Å². The summed E-state index contributed by atoms with van der Waals surface area (Å²) in [5.74, 6) is 1.34. The highest BCUT2D eigenvalue weighted by atomic mass is 35.5. The Hall–Kier alpha value is -1.06. The van der Waals surface area contributed by atoms with Gasteiger partial charge in [0.15, 0.2) is 0 Å². The molecule has 1 heterocycles. The molecule has 1 fully saturated rings. The highest BCUT2D eigenvalue weighted by Crippen LogP contribution is 2.23. The summed E-state index contributed by atoms with van der Waals surface area (Å²) in [5, 5.41) is 3.58. The van der Waals surface area contributed by atoms with Gasteiger partial charge in [0.1, 0.15) is 0 Å². The van der Waals surface area contributed by atoms with Crippen molar-refractivity contribution in [1.82, 2.24) is 4.90 Å². The van der Waals surface area contributed by atoms with Gasteiger partial charge in [-0.05, 0) is 43.4 Å². The minimum Gasteiger partial charge on any atom is -0.325 e. The van der Waals surface area contributed by atoms with E-state index in [0.717, 1.165) is 18.8 Å². The molecule has 0 saturated carbocycles. The molecule has 1 saturated heterocycles. The smallest absolute Gasteiger partial charge is 0.241 e. The van der Waals surface area contributed by atoms with E-state index in [1.54, 1.807) is 12.1 Å². The van der Waals surface area contributed by atoms with Gasteiger partial charge in [0.2, 0.25) is 5.91 Å². The van der Waals surface area contributed by atoms with Gasteiger partial charge < -0.3 is 5.32 Å². The van der Waals surface area contributed by atoms with Crippen molar-refractivity contribution >= 4 is 23.2 Å². The van der Waals surface area contributed by atoms with Crippen LogP contribution in [0.1, 0.15) is 27.2 Å². The Balaban J connectivity index is 1.98. The predicted molar refractivity (Wildman–Crippen MR) is 84.1 cm³/mol. The number of nitrogens with zero attached hydrogens (tertiary/aromatic N) is 1. The maximum Gasteiger partial charge on any atom is 0.241 e. The zero-order valence-electron chi connectivity index (χ0n) is 12.4. The van der Waals surface area contributed by atoms with Crippen LogP contribution in [0.2, 0.25) is 5.02 Å². The molecule has 3 nitrogen and oxygen atoms in total. The highest BCUT2D eigenvalue weighted by molar-refractivity contribution is 6.30. The lowest BCUT2D eigenvalue weighted by molar-refractivity contribution is -0.121. The van der Waals surface area contributed by atoms with Gasteiger partial charge >= 0.3 is 0 Å². The van der Waals surface area contributed by atoms with Gasteiger partial charge in [-0.1, -0.05) is 31.5 Å². The van der Waals surface area contributed by atoms with Crippen LogP contribution in [-0.4, -0.2) is 29.9 Å². The van der Waals surface area contributed by atoms with Gasteiger partial charge in [-0.15, -0.1) is 0 Å². The van der Waals surface area contributed by atoms with E-state index >= 15 is 0 Å². The average Bonchev–Trinajstić information content (AvgIpc) is 2.36. The number of rotatable bonds is 3. The number of anilines is 1. The topological polar surface area (TPSA) is 32.3 Å². The van der Waals surface area contributed by atoms with Gasteiger partial charge in [0.25, 0.3) is 0 Å². The first-order chi connectivity index (χ1) is 9.45. The van der Waals surface area contributed by atoms with Crippen molar-refractivity contribution in [2.75, 3.05) is 18.4 Å². The van der Waals surface area contributed by atoms with Gasteiger partial charge in [0, 0.05) is 23.8 Å². The predicted octanol–water partition coefficient (Wildman–Crippen LogP) is 3.64. The molecule has 4 heteroatoms. The van der Waals surface area contributed by atoms with Crippen LogP contribution in [0.5, 0.6) is 0 Å². The number of carbonyl (C=O) groups excluding carboxylic acids is 1. The molecular formula is C16H23ClN2O. The van der Waals surface area contributed by atoms with E-state index in [-0.39, 0.29) is 11.9 Å². The van der Waals surface area contributed by atoms with Crippen LogP contribution < -0.4 is 5.32 Å². The summed E-state index contributed by atoms with van der Waals surface area (Å²) in [6.07, 6.45) is 1.25. The normalized spacial score (nSPS) is 25.2. The molecule has 1 aliphatic rings. The number of nitrogens with one attached hydrogen (secondary N) is 1. The highest BCUT2D eigenvalue weighted by Gasteiger charge is 2.28. The van der Waals surface area contributed by atoms with Gasteiger partial charge in [-0.25, -0.2) is 0 Å². The number of hydrogen-bond donors (Lipinski definition) is 1. The molecule has 1 aromatic rings. The summed E-state index contributed by atoms with van der Waals surface area (Å²) in [7, 11) is 0. The maximum atomic E-state index is 12.3. The summed E-state index contributed by atoms with van der Waals surface area (Å²) >= 11 is 5.93. The molecule has 0 aromatic heterocycles. The number of hydrogen-bond acceptors (Lipinski definition) is 2. The first-order valence-electron chi connectivity index (χ1n) is 7.26. The number of piperidine rings is 1. The van der Waals surface area contributed by atoms with Crippen molar-refractivity contribution in [3.63, 3.8) is 0 Å². The Kier molecular flexibility index (Phi) is 5.06. The molecule has 1 N–H and O–H groups in total. The Morgan fingerprint density at radius 3 is 2.60 bits per heavy atom. The molecule has 1 aliphatic heterocycles. The van der Waals surface area contributed by atoms with Crippen molar-refractivity contribution in [1.29, 1.82) is 0 Å². The van der Waals surface area contributed by atoms with Crippen LogP contribution >= 0.6 is 11.6 Å². The summed E-state index contributed by atoms with van der Waals surface area (Å²) < 4.78 is 0. The van der Waals surface area contributed by atoms with E-state index in [2.05, 4.69) is 24.1 Å². The van der Waals surface area contributed by atoms with E-state index in [4.69, 9.17) is 11.6 Å². The van der Waals surface area contributed by atoms with E-state index in [1.807, 2.05) is 19.1 Å². The molecule has 110 valence electrons. The SMILES string of the molecule is C[C@@H]1C[C@H](C)CN([C@H](C)C(=O)Nc2cccc(Cl)c2)C1. The summed E-state index contributed by atoms with van der Waals surface area (Å²) in [5.41, 5.74) is 0.757. The zero-order valence-corrected chi connectivity index (χ0v) is 13.2. The number of carbonyl (C=O) groups is 1. The third-order valence-corrected chi connectivity index (χ3v) is 4.15. The largest absolute Gasteiger partial charge is 0.325 e. The number of halogens is 1. The van der Waals surface area contributed by atoms with Crippen LogP contribution in [0.3, 0.4) is 0 Å². The molecule has 0 radical (unpaired) electrons. The second-order valence-corrected chi connectivity index (χ2v) is 6.51. The number of likely N-dealkylation sites (tertiary alicyclic amines) is 1. The second kappa shape index (κ2) is 6.59. The third-order valence-electron chi connectivity index (χ3n) is 3.92. The van der Waals surface area contributed by atoms with Crippen molar-refractivity contribution in [2.45, 2.75) is 33.2 Å². The van der Waals surface area contributed by atoms with Crippen molar-refractivity contribution in [3.8, 4) is 0 Å². The first kappa shape index (κ1) is 15.3. The van der Waals surface area contributed by atoms with E-state index in [9.17, 15) is 4.79 Å². The average molecular weight is 295 g/mol. The molecule has 0 unspecified atom stereocenters. The van der Waals surface area contributed by atoms with E-state index < -0.39 is 0 Å². The van der Waals surface area contributed by atoms with Crippen LogP contribution in [0.25, 0.3) is 0 Å². The Bertz CT molecular complexity index is 467. The Morgan fingerprint density at radius 2 is 2.00 bits per heavy atom. The minimum atomic E-state index is -0.112. The monoisotopic (exact) mass is 294 g/mol. The number of benzene rings is 1. The molecule has 1 aromatic carbocycles. The summed E-state index contributed by atoms with van der Waals surface area (Å²) in [4.78, 5) is 14.6. The van der Waals surface area contributed by atoms with Gasteiger partial charge in [-0.3, -0.25) is 9.69 Å². The second-order valence-electron chi connectivity index (χ2n) is 6.08. The molecule has 20 heavy (non-hydrogen) atoms. The molecule has 0 aliphatic carbocycles. The lowest BCUT2D eigenvalue weighted by Crippen LogP contribution is -2.48. The molecule has 0 spiro atoms. The molecule has 2 rings (SSSR count). The molecule has 0 bridgehead atoms. The molecule has 3 atom stereocenters. The van der Waals surface area contributed by atoms with Crippen molar-refractivity contribution in [3.05, 3.63) is 29.3 Å². The van der Waals surface area contributed by atoms with E-state index in [0.29, 0.717) is 16.9 Å². The third kappa shape index (κ3) is 3.97. The summed E-state index contributed by atoms with van der Waals surface area (Å²) in [6.45, 7) is 8.47. The quantitative estimate of drug-likeness (QED) is 0.923. The van der Waals surface area contributed by atoms with Crippen LogP contribution in [-0.2, 0) is 4.79 Å². The lowest BCUT2D eigenvalue weighted by Gasteiger charge is -2.38. The lowest BCUT2D eigenvalue weighted by atomic mass is 9.91. The minimum absolute atomic E-state index is 0.0357. The fourth-order valence-corrected chi connectivity index (χ4v) is 3.20. The Morgan fingerprint density at radius 1 is 1.35 bits per heavy atom. The zero-order chi connectivity index (χ0) is 14.7.